The molecular weight excluding hydrogens is 256 g/mol. The van der Waals surface area contributed by atoms with Gasteiger partial charge in [-0.2, -0.15) is 8.42 Å². The zero-order valence-electron chi connectivity index (χ0n) is 3.73. The van der Waals surface area contributed by atoms with Gasteiger partial charge < -0.3 is 5.48 Å². The van der Waals surface area contributed by atoms with Crippen LogP contribution in [0, 0.1) is 0 Å². The summed E-state index contributed by atoms with van der Waals surface area (Å²) >= 11 is 2.83. The number of hydrogen-bond donors (Lipinski definition) is 2. The van der Waals surface area contributed by atoms with E-state index in [1.54, 1.807) is 0 Å². The van der Waals surface area contributed by atoms with Crippen molar-refractivity contribution in [1.82, 2.24) is 0 Å². The first kappa shape index (κ1) is 22.5. The van der Waals surface area contributed by atoms with Gasteiger partial charge in [0, 0.05) is 17.1 Å². The molecule has 0 atom stereocenters. The fourth-order valence-electron chi connectivity index (χ4n) is 0. The first-order chi connectivity index (χ1) is 3.00. The van der Waals surface area contributed by atoms with Gasteiger partial charge in [0.2, 0.25) is 0 Å². The van der Waals surface area contributed by atoms with Crippen LogP contribution in [0.15, 0.2) is 0 Å². The van der Waals surface area contributed by atoms with Crippen LogP contribution in [0.25, 0.3) is 0 Å². The summed E-state index contributed by atoms with van der Waals surface area (Å²) in [6, 6.07) is 0. The molecule has 0 bridgehead atoms. The van der Waals surface area contributed by atoms with Crippen LogP contribution < -0.4 is 0 Å². The van der Waals surface area contributed by atoms with Crippen molar-refractivity contribution in [2.75, 3.05) is 0 Å². The molecule has 0 heterocycles. The summed E-state index contributed by atoms with van der Waals surface area (Å²) in [5.74, 6) is 0. The van der Waals surface area contributed by atoms with E-state index in [0.717, 1.165) is 0 Å². The third kappa shape index (κ3) is 385. The van der Waals surface area contributed by atoms with Gasteiger partial charge in [-0.25, -0.2) is 0 Å². The molecule has 0 radical (unpaired) electrons. The quantitative estimate of drug-likeness (QED) is 0.436. The minimum absolute atomic E-state index is 0. The summed E-state index contributed by atoms with van der Waals surface area (Å²) in [5.41, 5.74) is 0. The van der Waals surface area contributed by atoms with Crippen LogP contribution in [0.4, 0.5) is 0 Å². The molecule has 0 fully saturated rings. The van der Waals surface area contributed by atoms with E-state index in [9.17, 15) is 0 Å². The average molecular weight is 260 g/mol. The Morgan fingerprint density at radius 1 is 1.22 bits per heavy atom. The van der Waals surface area contributed by atoms with Crippen molar-refractivity contribution in [1.29, 1.82) is 0 Å². The van der Waals surface area contributed by atoms with Gasteiger partial charge in [0.05, 0.1) is 0 Å². The Bertz CT molecular complexity index is 107. The molecular formula is H4Fe2O5S2. The molecule has 0 unspecified atom stereocenters. The van der Waals surface area contributed by atoms with Gasteiger partial charge in [0.1, 0.15) is 0 Å². The van der Waals surface area contributed by atoms with Gasteiger partial charge in [-0.15, -0.1) is 0 Å². The predicted octanol–water partition coefficient (Wildman–Crippen LogP) is -0.834. The van der Waals surface area contributed by atoms with Crippen LogP contribution in [0.1, 0.15) is 0 Å². The van der Waals surface area contributed by atoms with E-state index in [4.69, 9.17) is 17.5 Å². The van der Waals surface area contributed by atoms with Gasteiger partial charge in [0.25, 0.3) is 0 Å². The van der Waals surface area contributed by atoms with Gasteiger partial charge in [-0.3, -0.25) is 9.11 Å². The molecule has 4 N–H and O–H groups in total. The van der Waals surface area contributed by atoms with Crippen molar-refractivity contribution < 1.29 is 54.5 Å². The summed E-state index contributed by atoms with van der Waals surface area (Å²) in [7, 11) is -0.833. The summed E-state index contributed by atoms with van der Waals surface area (Å²) in [6.07, 6.45) is 0. The second-order valence-electron chi connectivity index (χ2n) is 0.448. The first-order valence-corrected chi connectivity index (χ1v) is 3.88. The molecule has 9 heteroatoms. The molecule has 0 aliphatic carbocycles. The van der Waals surface area contributed by atoms with Crippen LogP contribution in [0.5, 0.6) is 0 Å². The van der Waals surface area contributed by atoms with Crippen molar-refractivity contribution in [3.05, 3.63) is 0 Å². The van der Waals surface area contributed by atoms with Crippen LogP contribution >= 0.6 is 10.6 Å². The second-order valence-corrected chi connectivity index (χ2v) is 1.34. The number of hydrogen-bond acceptors (Lipinski definition) is 3. The molecule has 0 spiro atoms. The normalized spacial score (nSPS) is 7.00. The molecule has 0 aromatic carbocycles. The minimum atomic E-state index is -4.67. The Morgan fingerprint density at radius 2 is 1.22 bits per heavy atom. The number of rotatable bonds is 0. The Balaban J connectivity index is -0.0000000286. The maximum atomic E-state index is 8.74. The Hall–Kier alpha value is 1.09. The Kier molecular flexibility index (Phi) is 29.6. The Labute approximate surface area is 75.2 Å². The van der Waals surface area contributed by atoms with E-state index >= 15 is 0 Å². The van der Waals surface area contributed by atoms with Crippen LogP contribution in [0.3, 0.4) is 0 Å². The molecule has 0 saturated carbocycles. The third-order valence-electron chi connectivity index (χ3n) is 0. The molecule has 0 aromatic rings. The predicted molar refractivity (Wildman–Crippen MR) is 25.4 cm³/mol. The zero-order chi connectivity index (χ0) is 6.50. The van der Waals surface area contributed by atoms with Crippen molar-refractivity contribution >= 4 is 21.0 Å². The standard InChI is InChI=1S/2Fe.H2O4S.H2O.S/c;;1-5(2,3)4;;/h;;(H2,1,2,3,4);1H2;. The van der Waals surface area contributed by atoms with Gasteiger partial charge in [-0.1, -0.05) is 0 Å². The summed E-state index contributed by atoms with van der Waals surface area (Å²) in [6.45, 7) is 0. The van der Waals surface area contributed by atoms with Gasteiger partial charge >= 0.3 is 35.3 Å². The molecule has 0 rings (SSSR count). The summed E-state index contributed by atoms with van der Waals surface area (Å²) < 4.78 is 31.6. The van der Waals surface area contributed by atoms with Crippen molar-refractivity contribution in [2.24, 2.45) is 0 Å². The topological polar surface area (TPSA) is 106 Å². The van der Waals surface area contributed by atoms with Crippen LogP contribution in [0.2, 0.25) is 0 Å². The molecule has 0 aliphatic heterocycles. The van der Waals surface area contributed by atoms with Gasteiger partial charge in [0.15, 0.2) is 0 Å². The average Bonchev–Trinajstić information content (AvgIpc) is 1.36. The monoisotopic (exact) mass is 260 g/mol. The van der Waals surface area contributed by atoms with E-state index < -0.39 is 10.4 Å². The van der Waals surface area contributed by atoms with E-state index in [2.05, 4.69) is 24.9 Å². The summed E-state index contributed by atoms with van der Waals surface area (Å²) in [4.78, 5) is 0. The van der Waals surface area contributed by atoms with Crippen LogP contribution in [-0.2, 0) is 41.9 Å². The SMILES string of the molecule is O.O=S(=O)(O)O.[Fe].[S]=[Fe]. The summed E-state index contributed by atoms with van der Waals surface area (Å²) in [5, 5.41) is 0. The van der Waals surface area contributed by atoms with E-state index in [1.807, 2.05) is 0 Å². The van der Waals surface area contributed by atoms with E-state index in [1.165, 1.54) is 0 Å². The van der Waals surface area contributed by atoms with Crippen molar-refractivity contribution in [3.8, 4) is 0 Å². The van der Waals surface area contributed by atoms with Crippen molar-refractivity contribution in [3.63, 3.8) is 0 Å². The molecule has 0 amide bonds. The fourth-order valence-corrected chi connectivity index (χ4v) is 0. The molecule has 0 aromatic heterocycles. The fraction of sp³-hybridized carbons (Fsp3) is 0. The maximum absolute atomic E-state index is 8.74. The molecule has 9 heavy (non-hydrogen) atoms. The van der Waals surface area contributed by atoms with Crippen molar-refractivity contribution in [2.45, 2.75) is 0 Å². The Morgan fingerprint density at radius 3 is 1.22 bits per heavy atom. The molecule has 0 aliphatic rings. The van der Waals surface area contributed by atoms with Crippen LogP contribution in [-0.4, -0.2) is 23.0 Å². The molecule has 5 nitrogen and oxygen atoms in total. The van der Waals surface area contributed by atoms with Gasteiger partial charge in [-0.05, 0) is 0 Å². The first-order valence-electron chi connectivity index (χ1n) is 0.843. The molecule has 62 valence electrons. The van der Waals surface area contributed by atoms with E-state index in [0.29, 0.717) is 0 Å². The zero-order valence-corrected chi connectivity index (χ0v) is 7.58. The van der Waals surface area contributed by atoms with E-state index in [-0.39, 0.29) is 22.5 Å². The second kappa shape index (κ2) is 11.8. The third-order valence-corrected chi connectivity index (χ3v) is 0. The molecule has 0 saturated heterocycles.